The zero-order valence-electron chi connectivity index (χ0n) is 23.3. The largest absolute Gasteiger partial charge is 0.306 e. The van der Waals surface area contributed by atoms with Crippen LogP contribution in [0.5, 0.6) is 0 Å². The third kappa shape index (κ3) is 3.62. The number of rotatable bonds is 3. The molecule has 0 aliphatic carbocycles. The summed E-state index contributed by atoms with van der Waals surface area (Å²) in [6.07, 6.45) is 0. The highest BCUT2D eigenvalue weighted by Gasteiger charge is 2.21. The summed E-state index contributed by atoms with van der Waals surface area (Å²) < 4.78 is 2.30. The monoisotopic (exact) mass is 547 g/mol. The Labute approximate surface area is 248 Å². The highest BCUT2D eigenvalue weighted by Crippen LogP contribution is 2.40. The Morgan fingerprint density at radius 1 is 0.395 bits per heavy atom. The van der Waals surface area contributed by atoms with E-state index in [1.165, 1.54) is 32.3 Å². The van der Waals surface area contributed by atoms with Crippen molar-refractivity contribution in [3.63, 3.8) is 0 Å². The van der Waals surface area contributed by atoms with Gasteiger partial charge in [0.05, 0.1) is 16.7 Å². The summed E-state index contributed by atoms with van der Waals surface area (Å²) in [7, 11) is 0. The van der Waals surface area contributed by atoms with Gasteiger partial charge >= 0.3 is 0 Å². The molecule has 0 saturated heterocycles. The number of fused-ring (bicyclic) bond motifs is 9. The number of nitrogens with zero attached hydrogens (tertiary/aromatic N) is 3. The lowest BCUT2D eigenvalue weighted by molar-refractivity contribution is 1.15. The smallest absolute Gasteiger partial charge is 0.160 e. The molecule has 200 valence electrons. The lowest BCUT2D eigenvalue weighted by atomic mass is 9.93. The molecule has 0 radical (unpaired) electrons. The number of benzene rings is 7. The van der Waals surface area contributed by atoms with Gasteiger partial charge in [-0.15, -0.1) is 0 Å². The maximum absolute atomic E-state index is 5.34. The summed E-state index contributed by atoms with van der Waals surface area (Å²) in [4.78, 5) is 10.7. The highest BCUT2D eigenvalue weighted by molar-refractivity contribution is 6.25. The first-order valence-corrected chi connectivity index (χ1v) is 14.6. The van der Waals surface area contributed by atoms with Crippen LogP contribution in [0.3, 0.4) is 0 Å². The van der Waals surface area contributed by atoms with Gasteiger partial charge in [-0.1, -0.05) is 127 Å². The van der Waals surface area contributed by atoms with E-state index >= 15 is 0 Å². The van der Waals surface area contributed by atoms with Crippen LogP contribution in [-0.4, -0.2) is 14.5 Å². The topological polar surface area (TPSA) is 30.7 Å². The molecule has 7 aromatic carbocycles. The van der Waals surface area contributed by atoms with Crippen molar-refractivity contribution in [1.29, 1.82) is 0 Å². The molecule has 0 N–H and O–H groups in total. The zero-order valence-corrected chi connectivity index (χ0v) is 23.3. The van der Waals surface area contributed by atoms with E-state index in [1.54, 1.807) is 0 Å². The molecular weight excluding hydrogens is 522 g/mol. The van der Waals surface area contributed by atoms with Crippen LogP contribution in [0.4, 0.5) is 0 Å². The van der Waals surface area contributed by atoms with E-state index in [1.807, 2.05) is 6.07 Å². The van der Waals surface area contributed by atoms with E-state index in [0.29, 0.717) is 0 Å². The van der Waals surface area contributed by atoms with Gasteiger partial charge in [-0.05, 0) is 56.6 Å². The molecule has 0 aliphatic heterocycles. The summed E-state index contributed by atoms with van der Waals surface area (Å²) in [6.45, 7) is 0. The van der Waals surface area contributed by atoms with Crippen LogP contribution < -0.4 is 0 Å². The standard InChI is InChI=1S/C40H25N3/c1-3-13-26(14-4-1)37-39-38(34-21-11-12-22-36(34)43(39)28-15-5-2-6-16-28)42-40(41-37)27-23-24-33-31-19-8-7-17-29(31)30-18-9-10-20-32(30)35(33)25-27/h1-25H. The van der Waals surface area contributed by atoms with Gasteiger partial charge in [-0.25, -0.2) is 9.97 Å². The number of para-hydroxylation sites is 2. The summed E-state index contributed by atoms with van der Waals surface area (Å²) >= 11 is 0. The van der Waals surface area contributed by atoms with Crippen molar-refractivity contribution in [2.24, 2.45) is 0 Å². The van der Waals surface area contributed by atoms with Crippen LogP contribution in [0, 0.1) is 0 Å². The number of hydrogen-bond acceptors (Lipinski definition) is 2. The van der Waals surface area contributed by atoms with Gasteiger partial charge in [-0.2, -0.15) is 0 Å². The molecule has 43 heavy (non-hydrogen) atoms. The van der Waals surface area contributed by atoms with E-state index in [2.05, 4.69) is 150 Å². The van der Waals surface area contributed by atoms with Crippen LogP contribution in [0.25, 0.3) is 82.6 Å². The fourth-order valence-corrected chi connectivity index (χ4v) is 6.66. The Kier molecular flexibility index (Phi) is 5.20. The molecule has 3 heteroatoms. The molecule has 0 amide bonds. The molecule has 3 nitrogen and oxygen atoms in total. The van der Waals surface area contributed by atoms with E-state index in [9.17, 15) is 0 Å². The molecule has 0 unspecified atom stereocenters. The Morgan fingerprint density at radius 2 is 0.930 bits per heavy atom. The van der Waals surface area contributed by atoms with Crippen molar-refractivity contribution in [2.75, 3.05) is 0 Å². The lowest BCUT2D eigenvalue weighted by Crippen LogP contribution is -1.99. The van der Waals surface area contributed by atoms with Crippen molar-refractivity contribution >= 4 is 54.3 Å². The quantitative estimate of drug-likeness (QED) is 0.206. The highest BCUT2D eigenvalue weighted by atomic mass is 15.0. The molecule has 9 rings (SSSR count). The summed E-state index contributed by atoms with van der Waals surface area (Å²) in [6, 6.07) is 53.6. The molecule has 0 aliphatic rings. The molecule has 2 heterocycles. The molecule has 2 aromatic heterocycles. The van der Waals surface area contributed by atoms with Crippen LogP contribution in [0.2, 0.25) is 0 Å². The minimum absolute atomic E-state index is 0.724. The average molecular weight is 548 g/mol. The van der Waals surface area contributed by atoms with Gasteiger partial charge in [0.25, 0.3) is 0 Å². The fourth-order valence-electron chi connectivity index (χ4n) is 6.66. The molecule has 9 aromatic rings. The summed E-state index contributed by atoms with van der Waals surface area (Å²) in [5.74, 6) is 0.724. The predicted molar refractivity (Wildman–Crippen MR) is 180 cm³/mol. The van der Waals surface area contributed by atoms with Gasteiger partial charge in [0.2, 0.25) is 0 Å². The Bertz CT molecular complexity index is 2460. The van der Waals surface area contributed by atoms with E-state index < -0.39 is 0 Å². The van der Waals surface area contributed by atoms with E-state index in [4.69, 9.17) is 9.97 Å². The van der Waals surface area contributed by atoms with Gasteiger partial charge < -0.3 is 4.57 Å². The second kappa shape index (κ2) is 9.37. The van der Waals surface area contributed by atoms with Crippen LogP contribution in [0.1, 0.15) is 0 Å². The molecule has 0 fully saturated rings. The molecule has 0 atom stereocenters. The zero-order chi connectivity index (χ0) is 28.3. The minimum Gasteiger partial charge on any atom is -0.306 e. The van der Waals surface area contributed by atoms with Gasteiger partial charge in [0.1, 0.15) is 5.52 Å². The summed E-state index contributed by atoms with van der Waals surface area (Å²) in [5, 5.41) is 8.59. The molecule has 0 spiro atoms. The van der Waals surface area contributed by atoms with Crippen LogP contribution in [0.15, 0.2) is 152 Å². The minimum atomic E-state index is 0.724. The Morgan fingerprint density at radius 3 is 1.60 bits per heavy atom. The van der Waals surface area contributed by atoms with E-state index in [0.717, 1.165) is 50.3 Å². The normalized spacial score (nSPS) is 11.7. The van der Waals surface area contributed by atoms with Gasteiger partial charge in [0.15, 0.2) is 5.82 Å². The SMILES string of the molecule is c1ccc(-c2nc(-c3ccc4c5ccccc5c5ccccc5c4c3)nc3c4ccccc4n(-c4ccccc4)c23)cc1. The number of hydrogen-bond donors (Lipinski definition) is 0. The van der Waals surface area contributed by atoms with Crippen LogP contribution in [-0.2, 0) is 0 Å². The van der Waals surface area contributed by atoms with Gasteiger partial charge in [-0.3, -0.25) is 0 Å². The number of aromatic nitrogens is 3. The van der Waals surface area contributed by atoms with Crippen molar-refractivity contribution in [3.8, 4) is 28.3 Å². The van der Waals surface area contributed by atoms with Crippen molar-refractivity contribution in [2.45, 2.75) is 0 Å². The van der Waals surface area contributed by atoms with Crippen molar-refractivity contribution in [3.05, 3.63) is 152 Å². The van der Waals surface area contributed by atoms with Crippen LogP contribution >= 0.6 is 0 Å². The van der Waals surface area contributed by atoms with Crippen molar-refractivity contribution < 1.29 is 0 Å². The predicted octanol–water partition coefficient (Wildman–Crippen LogP) is 10.4. The molecular formula is C40H25N3. The second-order valence-corrected chi connectivity index (χ2v) is 11.0. The van der Waals surface area contributed by atoms with Crippen molar-refractivity contribution in [1.82, 2.24) is 14.5 Å². The third-order valence-electron chi connectivity index (χ3n) is 8.57. The first-order valence-electron chi connectivity index (χ1n) is 14.6. The fraction of sp³-hybridized carbons (Fsp3) is 0. The van der Waals surface area contributed by atoms with E-state index in [-0.39, 0.29) is 0 Å². The lowest BCUT2D eigenvalue weighted by Gasteiger charge is -2.13. The molecule has 0 bridgehead atoms. The van der Waals surface area contributed by atoms with Gasteiger partial charge in [0, 0.05) is 22.2 Å². The first-order chi connectivity index (χ1) is 21.3. The maximum Gasteiger partial charge on any atom is 0.160 e. The first kappa shape index (κ1) is 23.9. The second-order valence-electron chi connectivity index (χ2n) is 11.0. The maximum atomic E-state index is 5.34. The molecule has 0 saturated carbocycles. The average Bonchev–Trinajstić information content (AvgIpc) is 3.43. The summed E-state index contributed by atoms with van der Waals surface area (Å²) in [5.41, 5.74) is 7.15. The Balaban J connectivity index is 1.40. The third-order valence-corrected chi connectivity index (χ3v) is 8.57. The Hall–Kier alpha value is -5.80.